The number of pyridine rings is 1. The highest BCUT2D eigenvalue weighted by Crippen LogP contribution is 2.28. The van der Waals surface area contributed by atoms with E-state index >= 15 is 0 Å². The van der Waals surface area contributed by atoms with Gasteiger partial charge >= 0.3 is 6.18 Å². The molecule has 1 aromatic rings. The number of primary amides is 1. The molecule has 0 saturated carbocycles. The van der Waals surface area contributed by atoms with E-state index in [9.17, 15) is 22.4 Å². The van der Waals surface area contributed by atoms with E-state index in [0.29, 0.717) is 6.20 Å². The highest BCUT2D eigenvalue weighted by molar-refractivity contribution is 5.93. The van der Waals surface area contributed by atoms with Crippen LogP contribution < -0.4 is 5.73 Å². The number of hydrogen-bond acceptors (Lipinski definition) is 2. The third kappa shape index (κ3) is 1.98. The van der Waals surface area contributed by atoms with Crippen LogP contribution in [0.1, 0.15) is 16.1 Å². The summed E-state index contributed by atoms with van der Waals surface area (Å²) in [6, 6.07) is 0.275. The number of aromatic nitrogens is 1. The summed E-state index contributed by atoms with van der Waals surface area (Å²) in [6.07, 6.45) is -4.42. The van der Waals surface area contributed by atoms with Crippen molar-refractivity contribution < 1.29 is 22.4 Å². The van der Waals surface area contributed by atoms with E-state index in [1.165, 1.54) is 0 Å². The molecule has 0 unspecified atom stereocenters. The summed E-state index contributed by atoms with van der Waals surface area (Å²) in [6.45, 7) is 0. The number of carbonyl (C=O) groups is 1. The van der Waals surface area contributed by atoms with Gasteiger partial charge in [0.25, 0.3) is 5.91 Å². The van der Waals surface area contributed by atoms with E-state index in [0.717, 1.165) is 0 Å². The molecular weight excluding hydrogens is 204 g/mol. The Bertz CT molecular complexity index is 374. The molecule has 3 nitrogen and oxygen atoms in total. The number of alkyl halides is 3. The van der Waals surface area contributed by atoms with Gasteiger partial charge in [0.15, 0.2) is 5.82 Å². The zero-order chi connectivity index (χ0) is 10.9. The molecule has 0 aliphatic carbocycles. The van der Waals surface area contributed by atoms with Gasteiger partial charge in [0.2, 0.25) is 0 Å². The van der Waals surface area contributed by atoms with Crippen LogP contribution in [0.5, 0.6) is 0 Å². The first-order valence-corrected chi connectivity index (χ1v) is 3.35. The van der Waals surface area contributed by atoms with Gasteiger partial charge in [-0.2, -0.15) is 13.2 Å². The smallest absolute Gasteiger partial charge is 0.366 e. The van der Waals surface area contributed by atoms with Gasteiger partial charge in [-0.15, -0.1) is 0 Å². The Kier molecular flexibility index (Phi) is 2.41. The molecule has 76 valence electrons. The molecule has 0 aliphatic heterocycles. The van der Waals surface area contributed by atoms with E-state index in [1.54, 1.807) is 0 Å². The molecule has 1 heterocycles. The molecule has 0 aliphatic rings. The molecule has 0 radical (unpaired) electrons. The molecule has 1 amide bonds. The third-order valence-corrected chi connectivity index (χ3v) is 1.41. The highest BCUT2D eigenvalue weighted by atomic mass is 19.4. The summed E-state index contributed by atoms with van der Waals surface area (Å²) in [7, 11) is 0. The van der Waals surface area contributed by atoms with Gasteiger partial charge in [0, 0.05) is 0 Å². The van der Waals surface area contributed by atoms with Crippen molar-refractivity contribution in [1.82, 2.24) is 4.98 Å². The lowest BCUT2D eigenvalue weighted by Gasteiger charge is -2.06. The van der Waals surface area contributed by atoms with E-state index in [2.05, 4.69) is 10.7 Å². The summed E-state index contributed by atoms with van der Waals surface area (Å²) >= 11 is 0. The number of halogens is 4. The van der Waals surface area contributed by atoms with Gasteiger partial charge < -0.3 is 5.73 Å². The first-order chi connectivity index (χ1) is 6.32. The zero-order valence-corrected chi connectivity index (χ0v) is 6.60. The molecule has 1 aromatic heterocycles. The average molecular weight is 208 g/mol. The van der Waals surface area contributed by atoms with Crippen LogP contribution in [0.15, 0.2) is 12.3 Å². The van der Waals surface area contributed by atoms with Gasteiger partial charge in [0.1, 0.15) is 5.69 Å². The predicted octanol–water partition coefficient (Wildman–Crippen LogP) is 1.34. The van der Waals surface area contributed by atoms with Gasteiger partial charge in [-0.25, -0.2) is 9.37 Å². The topological polar surface area (TPSA) is 56.0 Å². The number of carbonyl (C=O) groups excluding carboxylic acids is 1. The van der Waals surface area contributed by atoms with Crippen LogP contribution in [0.4, 0.5) is 17.6 Å². The largest absolute Gasteiger partial charge is 0.433 e. The molecule has 14 heavy (non-hydrogen) atoms. The first-order valence-electron chi connectivity index (χ1n) is 3.35. The molecule has 0 aromatic carbocycles. The average Bonchev–Trinajstić information content (AvgIpc) is 2.02. The predicted molar refractivity (Wildman–Crippen MR) is 37.7 cm³/mol. The molecule has 0 saturated heterocycles. The maximum atomic E-state index is 12.7. The first kappa shape index (κ1) is 10.4. The maximum Gasteiger partial charge on any atom is 0.433 e. The Morgan fingerprint density at radius 3 is 2.43 bits per heavy atom. The van der Waals surface area contributed by atoms with Crippen LogP contribution in [-0.2, 0) is 6.18 Å². The lowest BCUT2D eigenvalue weighted by molar-refractivity contribution is -0.141. The van der Waals surface area contributed by atoms with Crippen molar-refractivity contribution in [2.45, 2.75) is 6.18 Å². The lowest BCUT2D eigenvalue weighted by atomic mass is 10.2. The van der Waals surface area contributed by atoms with Crippen LogP contribution >= 0.6 is 0 Å². The summed E-state index contributed by atoms with van der Waals surface area (Å²) in [5.41, 5.74) is 2.47. The summed E-state index contributed by atoms with van der Waals surface area (Å²) in [5.74, 6) is -2.44. The van der Waals surface area contributed by atoms with Crippen LogP contribution in [0.3, 0.4) is 0 Å². The molecule has 7 heteroatoms. The van der Waals surface area contributed by atoms with Crippen LogP contribution in [0.2, 0.25) is 0 Å². The van der Waals surface area contributed by atoms with Crippen molar-refractivity contribution in [2.75, 3.05) is 0 Å². The van der Waals surface area contributed by atoms with Crippen molar-refractivity contribution >= 4 is 5.91 Å². The van der Waals surface area contributed by atoms with Crippen molar-refractivity contribution in [3.63, 3.8) is 0 Å². The molecule has 0 fully saturated rings. The second-order valence-electron chi connectivity index (χ2n) is 2.41. The number of rotatable bonds is 1. The second kappa shape index (κ2) is 3.24. The summed E-state index contributed by atoms with van der Waals surface area (Å²) in [4.78, 5) is 13.3. The van der Waals surface area contributed by atoms with Crippen molar-refractivity contribution in [3.8, 4) is 0 Å². The van der Waals surface area contributed by atoms with E-state index < -0.39 is 29.2 Å². The molecule has 1 rings (SSSR count). The SMILES string of the molecule is NC(=O)c1cc(C(F)(F)F)ncc1F. The minimum atomic E-state index is -4.72. The Morgan fingerprint density at radius 1 is 1.43 bits per heavy atom. The fraction of sp³-hybridized carbons (Fsp3) is 0.143. The minimum absolute atomic E-state index is 0.275. The van der Waals surface area contributed by atoms with E-state index in [4.69, 9.17) is 0 Å². The number of nitrogens with zero attached hydrogens (tertiary/aromatic N) is 1. The Morgan fingerprint density at radius 2 is 2.00 bits per heavy atom. The minimum Gasteiger partial charge on any atom is -0.366 e. The van der Waals surface area contributed by atoms with Gasteiger partial charge in [-0.05, 0) is 6.07 Å². The quantitative estimate of drug-likeness (QED) is 0.708. The van der Waals surface area contributed by atoms with Gasteiger partial charge in [0.05, 0.1) is 11.8 Å². The van der Waals surface area contributed by atoms with Gasteiger partial charge in [-0.1, -0.05) is 0 Å². The van der Waals surface area contributed by atoms with Crippen LogP contribution in [0, 0.1) is 5.82 Å². The second-order valence-corrected chi connectivity index (χ2v) is 2.41. The Labute approximate surface area is 75.5 Å². The normalized spacial score (nSPS) is 11.4. The third-order valence-electron chi connectivity index (χ3n) is 1.41. The Hall–Kier alpha value is -1.66. The number of hydrogen-bond donors (Lipinski definition) is 1. The Balaban J connectivity index is 3.27. The van der Waals surface area contributed by atoms with E-state index in [1.807, 2.05) is 0 Å². The maximum absolute atomic E-state index is 12.7. The molecule has 0 spiro atoms. The standard InChI is InChI=1S/C7H4F4N2O/c8-4-2-13-5(7(9,10)11)1-3(4)6(12)14/h1-2H,(H2,12,14). The van der Waals surface area contributed by atoms with Crippen LogP contribution in [-0.4, -0.2) is 10.9 Å². The van der Waals surface area contributed by atoms with E-state index in [-0.39, 0.29) is 6.07 Å². The fourth-order valence-corrected chi connectivity index (χ4v) is 0.783. The molecular formula is C7H4F4N2O. The highest BCUT2D eigenvalue weighted by Gasteiger charge is 2.33. The zero-order valence-electron chi connectivity index (χ0n) is 6.60. The summed E-state index contributed by atoms with van der Waals surface area (Å²) < 4.78 is 48.8. The molecule has 0 bridgehead atoms. The number of nitrogens with two attached hydrogens (primary N) is 1. The summed E-state index contributed by atoms with van der Waals surface area (Å²) in [5, 5.41) is 0. The molecule has 2 N–H and O–H groups in total. The van der Waals surface area contributed by atoms with Crippen molar-refractivity contribution in [1.29, 1.82) is 0 Å². The van der Waals surface area contributed by atoms with Crippen LogP contribution in [0.25, 0.3) is 0 Å². The number of amides is 1. The van der Waals surface area contributed by atoms with Crippen molar-refractivity contribution in [2.24, 2.45) is 5.73 Å². The monoisotopic (exact) mass is 208 g/mol. The fourth-order valence-electron chi connectivity index (χ4n) is 0.783. The van der Waals surface area contributed by atoms with Gasteiger partial charge in [-0.3, -0.25) is 4.79 Å². The molecule has 0 atom stereocenters. The lowest BCUT2D eigenvalue weighted by Crippen LogP contribution is -2.16. The van der Waals surface area contributed by atoms with Crippen molar-refractivity contribution in [3.05, 3.63) is 29.3 Å².